The highest BCUT2D eigenvalue weighted by molar-refractivity contribution is 6.24. The molecule has 1 saturated carbocycles. The number of nitrogens with zero attached hydrogens (tertiary/aromatic N) is 2. The zero-order valence-electron chi connectivity index (χ0n) is 21.6. The molecule has 0 aromatic heterocycles. The average molecular weight is 534 g/mol. The molecule has 1 amide bonds. The first-order chi connectivity index (χ1) is 17.8. The summed E-state index contributed by atoms with van der Waals surface area (Å²) in [6.45, 7) is 1.07. The molecule has 4 atom stereocenters. The Morgan fingerprint density at radius 3 is 2.47 bits per heavy atom. The molecule has 3 aliphatic carbocycles. The largest absolute Gasteiger partial charge is 0.508 e. The van der Waals surface area contributed by atoms with Crippen molar-refractivity contribution in [3.63, 3.8) is 0 Å². The van der Waals surface area contributed by atoms with E-state index in [1.54, 1.807) is 19.1 Å². The number of phenols is 1. The van der Waals surface area contributed by atoms with Gasteiger partial charge in [-0.1, -0.05) is 0 Å². The number of benzene rings is 1. The van der Waals surface area contributed by atoms with E-state index in [0.717, 1.165) is 0 Å². The highest BCUT2D eigenvalue weighted by Gasteiger charge is 2.64. The van der Waals surface area contributed by atoms with E-state index < -0.39 is 69.6 Å². The standard InChI is InChI=1S/C26H32FN3O8/c1-29(2)20-14-8-11-7-13-17(15(31)9-12(19(13)27)10-30(3)5-6-38-4)21(32)16(11)23(34)26(14,37)24(35)18(22(20)33)25(28)36/h9,11,14,20,31-32,35,37H,5-8,10H2,1-4H3,(H2,28,36)/t11-,14-,20-,26-/m0/s1. The number of phenolic OH excluding ortho intramolecular Hbond substituents is 1. The predicted octanol–water partition coefficient (Wildman–Crippen LogP) is 0.181. The number of primary amides is 1. The summed E-state index contributed by atoms with van der Waals surface area (Å²) in [5, 5.41) is 44.3. The van der Waals surface area contributed by atoms with Gasteiger partial charge < -0.3 is 30.9 Å². The molecule has 38 heavy (non-hydrogen) atoms. The minimum absolute atomic E-state index is 0.00533. The molecule has 206 valence electrons. The quantitative estimate of drug-likeness (QED) is 0.304. The molecule has 0 heterocycles. The number of carbonyl (C=O) groups is 3. The fourth-order valence-corrected chi connectivity index (χ4v) is 6.08. The number of ketones is 2. The number of methoxy groups -OCH3 is 1. The van der Waals surface area contributed by atoms with Gasteiger partial charge in [0, 0.05) is 42.8 Å². The number of aromatic hydroxyl groups is 1. The molecular weight excluding hydrogens is 501 g/mol. The minimum Gasteiger partial charge on any atom is -0.508 e. The summed E-state index contributed by atoms with van der Waals surface area (Å²) in [6, 6.07) is -0.0324. The number of fused-ring (bicyclic) bond motifs is 3. The van der Waals surface area contributed by atoms with Gasteiger partial charge in [-0.05, 0) is 46.0 Å². The van der Waals surface area contributed by atoms with Crippen LogP contribution in [-0.4, -0.2) is 101 Å². The second kappa shape index (κ2) is 9.77. The molecule has 0 saturated heterocycles. The maximum absolute atomic E-state index is 15.7. The Labute approximate surface area is 218 Å². The van der Waals surface area contributed by atoms with Crippen molar-refractivity contribution in [3.05, 3.63) is 45.5 Å². The molecule has 0 spiro atoms. The van der Waals surface area contributed by atoms with Crippen molar-refractivity contribution in [2.24, 2.45) is 17.6 Å². The van der Waals surface area contributed by atoms with Crippen molar-refractivity contribution in [2.75, 3.05) is 41.4 Å². The number of hydrogen-bond donors (Lipinski definition) is 5. The summed E-state index contributed by atoms with van der Waals surface area (Å²) in [6.07, 6.45) is -0.215. The number of aliphatic hydroxyl groups is 3. The van der Waals surface area contributed by atoms with Gasteiger partial charge in [0.15, 0.2) is 11.4 Å². The number of aliphatic hydroxyl groups excluding tert-OH is 2. The smallest absolute Gasteiger partial charge is 0.255 e. The number of nitrogens with two attached hydrogens (primary N) is 1. The molecule has 0 radical (unpaired) electrons. The Kier molecular flexibility index (Phi) is 7.12. The highest BCUT2D eigenvalue weighted by atomic mass is 19.1. The second-order valence-electron chi connectivity index (χ2n) is 10.4. The van der Waals surface area contributed by atoms with Crippen LogP contribution in [0.15, 0.2) is 23.0 Å². The van der Waals surface area contributed by atoms with Crippen molar-refractivity contribution in [1.82, 2.24) is 9.80 Å². The molecule has 12 heteroatoms. The van der Waals surface area contributed by atoms with Gasteiger partial charge in [-0.2, -0.15) is 0 Å². The number of hydrogen-bond acceptors (Lipinski definition) is 10. The number of rotatable bonds is 7. The summed E-state index contributed by atoms with van der Waals surface area (Å²) in [7, 11) is 6.32. The third-order valence-electron chi connectivity index (χ3n) is 7.85. The van der Waals surface area contributed by atoms with Crippen molar-refractivity contribution in [1.29, 1.82) is 0 Å². The molecule has 1 fully saturated rings. The van der Waals surface area contributed by atoms with Crippen LogP contribution in [0.25, 0.3) is 5.76 Å². The van der Waals surface area contributed by atoms with E-state index in [2.05, 4.69) is 0 Å². The van der Waals surface area contributed by atoms with Crippen LogP contribution in [-0.2, 0) is 32.1 Å². The number of likely N-dealkylation sites (N-methyl/N-ethyl adjacent to an activating group) is 2. The lowest BCUT2D eigenvalue weighted by molar-refractivity contribution is -0.153. The van der Waals surface area contributed by atoms with Gasteiger partial charge in [-0.25, -0.2) is 4.39 Å². The van der Waals surface area contributed by atoms with Gasteiger partial charge in [0.1, 0.15) is 28.7 Å². The van der Waals surface area contributed by atoms with E-state index >= 15 is 4.39 Å². The first-order valence-corrected chi connectivity index (χ1v) is 12.1. The fourth-order valence-electron chi connectivity index (χ4n) is 6.08. The van der Waals surface area contributed by atoms with Gasteiger partial charge in [0.05, 0.1) is 18.2 Å². The molecule has 1 aromatic rings. The van der Waals surface area contributed by atoms with E-state index in [9.17, 15) is 34.8 Å². The second-order valence-corrected chi connectivity index (χ2v) is 10.4. The minimum atomic E-state index is -2.73. The summed E-state index contributed by atoms with van der Waals surface area (Å²) < 4.78 is 20.8. The van der Waals surface area contributed by atoms with Crippen LogP contribution in [0.4, 0.5) is 4.39 Å². The van der Waals surface area contributed by atoms with E-state index in [4.69, 9.17) is 10.5 Å². The number of ether oxygens (including phenoxy) is 1. The maximum atomic E-state index is 15.7. The first kappa shape index (κ1) is 27.7. The number of halogens is 1. The molecule has 0 bridgehead atoms. The summed E-state index contributed by atoms with van der Waals surface area (Å²) in [5.41, 5.74) is 1.27. The Hall–Kier alpha value is -3.32. The van der Waals surface area contributed by atoms with Gasteiger partial charge >= 0.3 is 0 Å². The molecule has 3 aliphatic rings. The predicted molar refractivity (Wildman–Crippen MR) is 132 cm³/mol. The van der Waals surface area contributed by atoms with E-state index in [1.807, 2.05) is 0 Å². The molecule has 1 aromatic carbocycles. The van der Waals surface area contributed by atoms with E-state index in [-0.39, 0.29) is 41.6 Å². The van der Waals surface area contributed by atoms with Crippen LogP contribution >= 0.6 is 0 Å². The topological polar surface area (TPSA) is 174 Å². The van der Waals surface area contributed by atoms with Crippen molar-refractivity contribution < 1.29 is 43.9 Å². The molecule has 6 N–H and O–H groups in total. The van der Waals surface area contributed by atoms with Crippen LogP contribution in [0, 0.1) is 17.7 Å². The average Bonchev–Trinajstić information content (AvgIpc) is 2.82. The summed E-state index contributed by atoms with van der Waals surface area (Å²) in [5.74, 6) is -8.35. The number of amides is 1. The van der Waals surface area contributed by atoms with Gasteiger partial charge in [0.2, 0.25) is 5.78 Å². The summed E-state index contributed by atoms with van der Waals surface area (Å²) in [4.78, 5) is 42.1. The lowest BCUT2D eigenvalue weighted by atomic mass is 9.57. The van der Waals surface area contributed by atoms with E-state index in [0.29, 0.717) is 13.2 Å². The van der Waals surface area contributed by atoms with Crippen LogP contribution < -0.4 is 5.73 Å². The SMILES string of the molecule is COCCN(C)Cc1cc(O)c2c(c1F)C[C@H]1C[C@H]3[C@H](N(C)C)C(=O)C(C(N)=O)=C(O)[C@@]3(O)C(=O)C1=C2O. The molecule has 0 aliphatic heterocycles. The lowest BCUT2D eigenvalue weighted by Gasteiger charge is -2.50. The van der Waals surface area contributed by atoms with Crippen molar-refractivity contribution in [3.8, 4) is 5.75 Å². The fraction of sp³-hybridized carbons (Fsp3) is 0.500. The Balaban J connectivity index is 1.86. The van der Waals surface area contributed by atoms with E-state index in [1.165, 1.54) is 25.1 Å². The molecule has 0 unspecified atom stereocenters. The molecule has 11 nitrogen and oxygen atoms in total. The Bertz CT molecular complexity index is 1290. The molecule has 4 rings (SSSR count). The molecular formula is C26H32FN3O8. The zero-order chi connectivity index (χ0) is 28.3. The Morgan fingerprint density at radius 1 is 1.24 bits per heavy atom. The van der Waals surface area contributed by atoms with Crippen LogP contribution in [0.3, 0.4) is 0 Å². The number of Topliss-reactive ketones (excluding diaryl/α,β-unsaturated/α-hetero) is 2. The number of carbonyl (C=O) groups excluding carboxylic acids is 3. The monoisotopic (exact) mass is 533 g/mol. The van der Waals surface area contributed by atoms with Crippen LogP contribution in [0.5, 0.6) is 5.75 Å². The maximum Gasteiger partial charge on any atom is 0.255 e. The van der Waals surface area contributed by atoms with Crippen molar-refractivity contribution >= 4 is 23.2 Å². The van der Waals surface area contributed by atoms with Crippen molar-refractivity contribution in [2.45, 2.75) is 31.0 Å². The van der Waals surface area contributed by atoms with Crippen LogP contribution in [0.1, 0.15) is 23.1 Å². The third-order valence-corrected chi connectivity index (χ3v) is 7.85. The highest BCUT2D eigenvalue weighted by Crippen LogP contribution is 2.53. The van der Waals surface area contributed by atoms with Gasteiger partial charge in [0.25, 0.3) is 5.91 Å². The third kappa shape index (κ3) is 3.99. The van der Waals surface area contributed by atoms with Gasteiger partial charge in [-0.15, -0.1) is 0 Å². The zero-order valence-corrected chi connectivity index (χ0v) is 21.6. The van der Waals surface area contributed by atoms with Crippen LogP contribution in [0.2, 0.25) is 0 Å². The van der Waals surface area contributed by atoms with Gasteiger partial charge in [-0.3, -0.25) is 24.2 Å². The first-order valence-electron chi connectivity index (χ1n) is 12.1. The Morgan fingerprint density at radius 2 is 1.89 bits per heavy atom. The normalized spacial score (nSPS) is 27.1. The lowest BCUT2D eigenvalue weighted by Crippen LogP contribution is -2.65. The summed E-state index contributed by atoms with van der Waals surface area (Å²) >= 11 is 0.